The molecule has 0 aliphatic carbocycles. The quantitative estimate of drug-likeness (QED) is 0.818. The van der Waals surface area contributed by atoms with Crippen LogP contribution in [-0.2, 0) is 11.3 Å². The van der Waals surface area contributed by atoms with Gasteiger partial charge in [-0.25, -0.2) is 0 Å². The fourth-order valence-electron chi connectivity index (χ4n) is 3.01. The zero-order valence-corrected chi connectivity index (χ0v) is 13.2. The van der Waals surface area contributed by atoms with Crippen molar-refractivity contribution in [3.8, 4) is 0 Å². The van der Waals surface area contributed by atoms with E-state index in [0.717, 1.165) is 12.0 Å². The van der Waals surface area contributed by atoms with Gasteiger partial charge in [0, 0.05) is 32.1 Å². The standard InChI is InChI=1S/C17H26N2O3/c1-2-15-11-18(16(12-20)13-21)9-8-17(22)19(15)10-14-6-4-3-5-7-14/h3-7,15-16,20-21H,2,8-13H2,1H3/t15-/m1/s1. The molecule has 5 nitrogen and oxygen atoms in total. The number of aliphatic hydroxyl groups excluding tert-OH is 2. The fourth-order valence-corrected chi connectivity index (χ4v) is 3.01. The maximum atomic E-state index is 12.5. The molecule has 0 saturated carbocycles. The first-order valence-corrected chi connectivity index (χ1v) is 7.98. The molecule has 1 fully saturated rings. The number of nitrogens with zero attached hydrogens (tertiary/aromatic N) is 2. The number of hydrogen-bond donors (Lipinski definition) is 2. The summed E-state index contributed by atoms with van der Waals surface area (Å²) >= 11 is 0. The Morgan fingerprint density at radius 2 is 1.91 bits per heavy atom. The van der Waals surface area contributed by atoms with Gasteiger partial charge in [0.15, 0.2) is 0 Å². The molecule has 1 amide bonds. The Hall–Kier alpha value is -1.43. The third kappa shape index (κ3) is 4.06. The van der Waals surface area contributed by atoms with Crippen LogP contribution in [0.25, 0.3) is 0 Å². The van der Waals surface area contributed by atoms with Crippen LogP contribution in [0, 0.1) is 0 Å². The van der Waals surface area contributed by atoms with E-state index in [9.17, 15) is 15.0 Å². The third-order valence-electron chi connectivity index (χ3n) is 4.42. The van der Waals surface area contributed by atoms with E-state index in [0.29, 0.717) is 26.1 Å². The van der Waals surface area contributed by atoms with E-state index in [1.54, 1.807) is 0 Å². The lowest BCUT2D eigenvalue weighted by Gasteiger charge is -2.33. The average Bonchev–Trinajstić information content (AvgIpc) is 2.70. The van der Waals surface area contributed by atoms with Gasteiger partial charge in [-0.1, -0.05) is 37.3 Å². The van der Waals surface area contributed by atoms with E-state index in [-0.39, 0.29) is 31.2 Å². The maximum Gasteiger partial charge on any atom is 0.224 e. The Morgan fingerprint density at radius 3 is 2.50 bits per heavy atom. The van der Waals surface area contributed by atoms with Crippen molar-refractivity contribution < 1.29 is 15.0 Å². The smallest absolute Gasteiger partial charge is 0.224 e. The van der Waals surface area contributed by atoms with Crippen molar-refractivity contribution in [2.24, 2.45) is 0 Å². The largest absolute Gasteiger partial charge is 0.395 e. The van der Waals surface area contributed by atoms with Crippen LogP contribution in [0.2, 0.25) is 0 Å². The monoisotopic (exact) mass is 306 g/mol. The van der Waals surface area contributed by atoms with Gasteiger partial charge in [0.25, 0.3) is 0 Å². The third-order valence-corrected chi connectivity index (χ3v) is 4.42. The molecule has 122 valence electrons. The zero-order valence-electron chi connectivity index (χ0n) is 13.2. The molecule has 22 heavy (non-hydrogen) atoms. The molecule has 0 spiro atoms. The second-order valence-electron chi connectivity index (χ2n) is 5.83. The maximum absolute atomic E-state index is 12.5. The van der Waals surface area contributed by atoms with Gasteiger partial charge in [-0.15, -0.1) is 0 Å². The van der Waals surface area contributed by atoms with E-state index in [1.807, 2.05) is 40.1 Å². The normalized spacial score (nSPS) is 20.5. The van der Waals surface area contributed by atoms with Gasteiger partial charge in [0.1, 0.15) is 0 Å². The fraction of sp³-hybridized carbons (Fsp3) is 0.588. The van der Waals surface area contributed by atoms with Crippen LogP contribution in [0.15, 0.2) is 30.3 Å². The predicted molar refractivity (Wildman–Crippen MR) is 85.2 cm³/mol. The summed E-state index contributed by atoms with van der Waals surface area (Å²) in [6, 6.07) is 9.84. The second kappa shape index (κ2) is 8.27. The second-order valence-corrected chi connectivity index (χ2v) is 5.83. The van der Waals surface area contributed by atoms with Crippen LogP contribution in [0.4, 0.5) is 0 Å². The molecular weight excluding hydrogens is 280 g/mol. The summed E-state index contributed by atoms with van der Waals surface area (Å²) in [6.45, 7) is 3.81. The highest BCUT2D eigenvalue weighted by atomic mass is 16.3. The van der Waals surface area contributed by atoms with Crippen molar-refractivity contribution in [1.82, 2.24) is 9.80 Å². The van der Waals surface area contributed by atoms with Crippen LogP contribution < -0.4 is 0 Å². The summed E-state index contributed by atoms with van der Waals surface area (Å²) < 4.78 is 0. The first kappa shape index (κ1) is 16.9. The SMILES string of the molecule is CC[C@@H]1CN(C(CO)CO)CCC(=O)N1Cc1ccccc1. The summed E-state index contributed by atoms with van der Waals surface area (Å²) in [5.74, 6) is 0.146. The Balaban J connectivity index is 2.13. The van der Waals surface area contributed by atoms with Gasteiger partial charge >= 0.3 is 0 Å². The summed E-state index contributed by atoms with van der Waals surface area (Å²) in [5.41, 5.74) is 1.13. The lowest BCUT2D eigenvalue weighted by Crippen LogP contribution is -2.47. The predicted octanol–water partition coefficient (Wildman–Crippen LogP) is 0.853. The lowest BCUT2D eigenvalue weighted by molar-refractivity contribution is -0.133. The molecule has 1 heterocycles. The Labute approximate surface area is 132 Å². The molecule has 0 radical (unpaired) electrons. The molecule has 1 atom stereocenters. The minimum Gasteiger partial charge on any atom is -0.395 e. The summed E-state index contributed by atoms with van der Waals surface area (Å²) in [4.78, 5) is 16.5. The van der Waals surface area contributed by atoms with Crippen LogP contribution >= 0.6 is 0 Å². The number of amides is 1. The van der Waals surface area contributed by atoms with Gasteiger partial charge < -0.3 is 15.1 Å². The van der Waals surface area contributed by atoms with Gasteiger partial charge in [0.05, 0.1) is 19.3 Å². The molecule has 0 unspecified atom stereocenters. The minimum atomic E-state index is -0.279. The van der Waals surface area contributed by atoms with Crippen LogP contribution in [0.3, 0.4) is 0 Å². The van der Waals surface area contributed by atoms with Gasteiger partial charge in [-0.2, -0.15) is 0 Å². The minimum absolute atomic E-state index is 0.0835. The molecule has 1 aliphatic rings. The van der Waals surface area contributed by atoms with Gasteiger partial charge in [-0.3, -0.25) is 9.69 Å². The number of rotatable bonds is 6. The molecule has 1 saturated heterocycles. The number of aliphatic hydroxyl groups is 2. The van der Waals surface area contributed by atoms with Crippen molar-refractivity contribution in [3.63, 3.8) is 0 Å². The van der Waals surface area contributed by atoms with E-state index in [4.69, 9.17) is 0 Å². The van der Waals surface area contributed by atoms with Crippen molar-refractivity contribution >= 4 is 5.91 Å². The Kier molecular flexibility index (Phi) is 6.36. The molecule has 0 bridgehead atoms. The molecule has 5 heteroatoms. The highest BCUT2D eigenvalue weighted by Gasteiger charge is 2.31. The van der Waals surface area contributed by atoms with E-state index < -0.39 is 0 Å². The van der Waals surface area contributed by atoms with Crippen LogP contribution in [0.1, 0.15) is 25.3 Å². The Bertz CT molecular complexity index is 462. The number of benzene rings is 1. The van der Waals surface area contributed by atoms with Crippen molar-refractivity contribution in [2.75, 3.05) is 26.3 Å². The summed E-state index contributed by atoms with van der Waals surface area (Å²) in [5, 5.41) is 18.8. The zero-order chi connectivity index (χ0) is 15.9. The topological polar surface area (TPSA) is 64.0 Å². The highest BCUT2D eigenvalue weighted by Crippen LogP contribution is 2.19. The summed E-state index contributed by atoms with van der Waals surface area (Å²) in [7, 11) is 0. The molecule has 1 aromatic rings. The van der Waals surface area contributed by atoms with Crippen molar-refractivity contribution in [3.05, 3.63) is 35.9 Å². The molecule has 1 aliphatic heterocycles. The summed E-state index contributed by atoms with van der Waals surface area (Å²) in [6.07, 6.45) is 1.29. The molecular formula is C17H26N2O3. The number of hydrogen-bond acceptors (Lipinski definition) is 4. The van der Waals surface area contributed by atoms with Gasteiger partial charge in [-0.05, 0) is 12.0 Å². The Morgan fingerprint density at radius 1 is 1.23 bits per heavy atom. The molecule has 0 aromatic heterocycles. The van der Waals surface area contributed by atoms with Crippen LogP contribution in [-0.4, -0.2) is 64.3 Å². The first-order valence-electron chi connectivity index (χ1n) is 7.98. The highest BCUT2D eigenvalue weighted by molar-refractivity contribution is 5.77. The molecule has 2 rings (SSSR count). The van der Waals surface area contributed by atoms with E-state index in [1.165, 1.54) is 0 Å². The average molecular weight is 306 g/mol. The first-order chi connectivity index (χ1) is 10.7. The van der Waals surface area contributed by atoms with Crippen molar-refractivity contribution in [1.29, 1.82) is 0 Å². The molecule has 2 N–H and O–H groups in total. The molecule has 1 aromatic carbocycles. The van der Waals surface area contributed by atoms with Gasteiger partial charge in [0.2, 0.25) is 5.91 Å². The number of carbonyl (C=O) groups excluding carboxylic acids is 1. The van der Waals surface area contributed by atoms with E-state index >= 15 is 0 Å². The lowest BCUT2D eigenvalue weighted by atomic mass is 10.1. The van der Waals surface area contributed by atoms with E-state index in [2.05, 4.69) is 6.92 Å². The number of carbonyl (C=O) groups is 1. The van der Waals surface area contributed by atoms with Crippen LogP contribution in [0.5, 0.6) is 0 Å². The van der Waals surface area contributed by atoms with Crippen molar-refractivity contribution in [2.45, 2.75) is 38.4 Å².